The third-order valence-electron chi connectivity index (χ3n) is 4.56. The molecule has 0 heterocycles. The molecule has 0 amide bonds. The molecule has 2 N–H and O–H groups in total. The molecule has 1 saturated carbocycles. The minimum atomic E-state index is 0.277. The molecule has 1 unspecified atom stereocenters. The Morgan fingerprint density at radius 2 is 1.90 bits per heavy atom. The Morgan fingerprint density at radius 3 is 2.52 bits per heavy atom. The highest BCUT2D eigenvalue weighted by Gasteiger charge is 2.21. The van der Waals surface area contributed by atoms with Crippen molar-refractivity contribution in [3.05, 3.63) is 40.2 Å². The molecule has 3 rings (SSSR count). The zero-order valence-electron chi connectivity index (χ0n) is 13.1. The first-order valence-electron chi connectivity index (χ1n) is 7.90. The molecule has 1 aromatic carbocycles. The van der Waals surface area contributed by atoms with Crippen molar-refractivity contribution < 1.29 is 9.47 Å². The number of methoxy groups -OCH3 is 2. The number of aryl methyl sites for hydroxylation is 1. The van der Waals surface area contributed by atoms with Crippen LogP contribution in [0.1, 0.15) is 42.4 Å². The highest BCUT2D eigenvalue weighted by atomic mass is 16.5. The second-order valence-corrected chi connectivity index (χ2v) is 6.19. The van der Waals surface area contributed by atoms with Crippen LogP contribution in [0, 0.1) is 0 Å². The van der Waals surface area contributed by atoms with Gasteiger partial charge in [0.2, 0.25) is 0 Å². The van der Waals surface area contributed by atoms with Gasteiger partial charge in [0.1, 0.15) is 5.75 Å². The van der Waals surface area contributed by atoms with Crippen LogP contribution in [0.5, 0.6) is 5.75 Å². The lowest BCUT2D eigenvalue weighted by Gasteiger charge is -2.12. The van der Waals surface area contributed by atoms with Gasteiger partial charge in [0.05, 0.1) is 20.0 Å². The molecule has 0 spiro atoms. The highest BCUT2D eigenvalue weighted by molar-refractivity contribution is 5.46. The van der Waals surface area contributed by atoms with Gasteiger partial charge >= 0.3 is 0 Å². The average Bonchev–Trinajstić information content (AvgIpc) is 3.24. The normalized spacial score (nSPS) is 19.4. The Hall–Kier alpha value is -1.48. The van der Waals surface area contributed by atoms with E-state index in [4.69, 9.17) is 15.2 Å². The summed E-state index contributed by atoms with van der Waals surface area (Å²) in [4.78, 5) is 0. The smallest absolute Gasteiger partial charge is 0.122 e. The van der Waals surface area contributed by atoms with E-state index in [0.29, 0.717) is 0 Å². The molecule has 0 aromatic heterocycles. The summed E-state index contributed by atoms with van der Waals surface area (Å²) in [5.74, 6) is 2.22. The first kappa shape index (κ1) is 14.5. The van der Waals surface area contributed by atoms with Crippen LogP contribution in [0.25, 0.3) is 0 Å². The maximum atomic E-state index is 6.06. The van der Waals surface area contributed by atoms with Crippen molar-refractivity contribution in [2.45, 2.75) is 51.0 Å². The van der Waals surface area contributed by atoms with E-state index in [1.165, 1.54) is 40.9 Å². The summed E-state index contributed by atoms with van der Waals surface area (Å²) >= 11 is 0. The second kappa shape index (κ2) is 6.10. The fourth-order valence-corrected chi connectivity index (χ4v) is 3.32. The molecular weight excluding hydrogens is 262 g/mol. The number of ether oxygens (including phenoxy) is 2. The zero-order valence-corrected chi connectivity index (χ0v) is 13.1. The lowest BCUT2D eigenvalue weighted by molar-refractivity contribution is 0.272. The van der Waals surface area contributed by atoms with Crippen LogP contribution in [0.15, 0.2) is 23.5 Å². The van der Waals surface area contributed by atoms with Gasteiger partial charge in [0.15, 0.2) is 0 Å². The topological polar surface area (TPSA) is 44.5 Å². The van der Waals surface area contributed by atoms with E-state index in [0.717, 1.165) is 37.9 Å². The van der Waals surface area contributed by atoms with E-state index in [2.05, 4.69) is 12.1 Å². The predicted octanol–water partition coefficient (Wildman–Crippen LogP) is 3.14. The molecule has 0 bridgehead atoms. The van der Waals surface area contributed by atoms with Gasteiger partial charge in [-0.15, -0.1) is 0 Å². The van der Waals surface area contributed by atoms with Gasteiger partial charge in [-0.05, 0) is 66.9 Å². The summed E-state index contributed by atoms with van der Waals surface area (Å²) in [6, 6.07) is 4.77. The minimum absolute atomic E-state index is 0.277. The molecule has 114 valence electrons. The van der Waals surface area contributed by atoms with E-state index in [1.54, 1.807) is 14.2 Å². The maximum absolute atomic E-state index is 6.06. The Balaban J connectivity index is 1.67. The summed E-state index contributed by atoms with van der Waals surface area (Å²) in [5.41, 5.74) is 11.6. The first-order chi connectivity index (χ1) is 10.2. The van der Waals surface area contributed by atoms with Crippen molar-refractivity contribution in [1.82, 2.24) is 0 Å². The molecule has 0 radical (unpaired) electrons. The Labute approximate surface area is 127 Å². The van der Waals surface area contributed by atoms with Crippen molar-refractivity contribution in [1.29, 1.82) is 0 Å². The number of hydrogen-bond donors (Lipinski definition) is 1. The molecule has 3 heteroatoms. The van der Waals surface area contributed by atoms with Crippen molar-refractivity contribution in [2.24, 2.45) is 5.73 Å². The quantitative estimate of drug-likeness (QED) is 0.818. The second-order valence-electron chi connectivity index (χ2n) is 6.19. The Morgan fingerprint density at radius 1 is 1.19 bits per heavy atom. The van der Waals surface area contributed by atoms with Gasteiger partial charge in [-0.2, -0.15) is 0 Å². The molecule has 3 nitrogen and oxygen atoms in total. The van der Waals surface area contributed by atoms with Gasteiger partial charge in [-0.3, -0.25) is 0 Å². The van der Waals surface area contributed by atoms with Crippen LogP contribution in [-0.2, 0) is 24.0 Å². The summed E-state index contributed by atoms with van der Waals surface area (Å²) < 4.78 is 11.1. The minimum Gasteiger partial charge on any atom is -0.501 e. The Kier molecular flexibility index (Phi) is 4.20. The van der Waals surface area contributed by atoms with Gasteiger partial charge in [0.25, 0.3) is 0 Å². The molecule has 0 saturated heterocycles. The summed E-state index contributed by atoms with van der Waals surface area (Å²) in [7, 11) is 3.55. The lowest BCUT2D eigenvalue weighted by Crippen LogP contribution is -2.18. The summed E-state index contributed by atoms with van der Waals surface area (Å²) in [6.45, 7) is 0. The van der Waals surface area contributed by atoms with Crippen LogP contribution in [-0.4, -0.2) is 20.3 Å². The van der Waals surface area contributed by atoms with Crippen molar-refractivity contribution >= 4 is 0 Å². The zero-order chi connectivity index (χ0) is 14.8. The van der Waals surface area contributed by atoms with Crippen LogP contribution >= 0.6 is 0 Å². The van der Waals surface area contributed by atoms with E-state index in [1.807, 2.05) is 0 Å². The van der Waals surface area contributed by atoms with Crippen LogP contribution < -0.4 is 10.5 Å². The standard InChI is InChI=1S/C18H25NO2/c1-20-17(12-6-7-12)5-3-4-13-8-14-9-16(19)10-15(14)11-18(13)21-2/h8,11,16H,3-7,9-10,19H2,1-2H3. The highest BCUT2D eigenvalue weighted by Crippen LogP contribution is 2.35. The van der Waals surface area contributed by atoms with Crippen LogP contribution in [0.2, 0.25) is 0 Å². The van der Waals surface area contributed by atoms with E-state index in [-0.39, 0.29) is 6.04 Å². The molecule has 1 aromatic rings. The SMILES string of the molecule is COC(CCCc1cc2c(cc1OC)CC(N)C2)=C1CC1. The molecule has 1 fully saturated rings. The number of fused-ring (bicyclic) bond motifs is 1. The molecule has 2 aliphatic carbocycles. The molecule has 1 atom stereocenters. The summed E-state index contributed by atoms with van der Waals surface area (Å²) in [6.07, 6.45) is 7.60. The monoisotopic (exact) mass is 287 g/mol. The predicted molar refractivity (Wildman–Crippen MR) is 84.6 cm³/mol. The molecular formula is C18H25NO2. The Bertz CT molecular complexity index is 557. The first-order valence-corrected chi connectivity index (χ1v) is 7.90. The van der Waals surface area contributed by atoms with Crippen molar-refractivity contribution in [3.63, 3.8) is 0 Å². The van der Waals surface area contributed by atoms with E-state index in [9.17, 15) is 0 Å². The van der Waals surface area contributed by atoms with Gasteiger partial charge < -0.3 is 15.2 Å². The van der Waals surface area contributed by atoms with Gasteiger partial charge in [-0.25, -0.2) is 0 Å². The number of rotatable bonds is 6. The van der Waals surface area contributed by atoms with Crippen molar-refractivity contribution in [2.75, 3.05) is 14.2 Å². The number of nitrogens with two attached hydrogens (primary N) is 1. The van der Waals surface area contributed by atoms with Crippen molar-refractivity contribution in [3.8, 4) is 5.75 Å². The maximum Gasteiger partial charge on any atom is 0.122 e. The van der Waals surface area contributed by atoms with E-state index >= 15 is 0 Å². The number of hydrogen-bond acceptors (Lipinski definition) is 3. The van der Waals surface area contributed by atoms with Crippen LogP contribution in [0.3, 0.4) is 0 Å². The largest absolute Gasteiger partial charge is 0.501 e. The van der Waals surface area contributed by atoms with Crippen LogP contribution in [0.4, 0.5) is 0 Å². The fourth-order valence-electron chi connectivity index (χ4n) is 3.32. The molecule has 2 aliphatic rings. The van der Waals surface area contributed by atoms with E-state index < -0.39 is 0 Å². The number of benzene rings is 1. The third kappa shape index (κ3) is 3.24. The number of allylic oxidation sites excluding steroid dienone is 2. The molecule has 0 aliphatic heterocycles. The van der Waals surface area contributed by atoms with Gasteiger partial charge in [-0.1, -0.05) is 6.07 Å². The van der Waals surface area contributed by atoms with Gasteiger partial charge in [0, 0.05) is 12.5 Å². The third-order valence-corrected chi connectivity index (χ3v) is 4.56. The average molecular weight is 287 g/mol. The summed E-state index contributed by atoms with van der Waals surface area (Å²) in [5, 5.41) is 0. The lowest BCUT2D eigenvalue weighted by atomic mass is 10.0. The molecule has 21 heavy (non-hydrogen) atoms. The fraction of sp³-hybridized carbons (Fsp3) is 0.556.